The third-order valence-corrected chi connectivity index (χ3v) is 4.51. The molecular weight excluding hydrogens is 228 g/mol. The van der Waals surface area contributed by atoms with Crippen LogP contribution < -0.4 is 5.32 Å². The van der Waals surface area contributed by atoms with E-state index >= 15 is 0 Å². The summed E-state index contributed by atoms with van der Waals surface area (Å²) in [5.74, 6) is 0.782. The topological polar surface area (TPSA) is 24.9 Å². The van der Waals surface area contributed by atoms with Gasteiger partial charge in [0.25, 0.3) is 0 Å². The molecule has 1 aromatic rings. The zero-order valence-electron chi connectivity index (χ0n) is 9.22. The van der Waals surface area contributed by atoms with Gasteiger partial charge in [-0.3, -0.25) is 0 Å². The van der Waals surface area contributed by atoms with Crippen molar-refractivity contribution in [1.82, 2.24) is 10.3 Å². The van der Waals surface area contributed by atoms with Crippen molar-refractivity contribution in [2.45, 2.75) is 33.2 Å². The molecule has 0 saturated heterocycles. The van der Waals surface area contributed by atoms with Crippen LogP contribution in [0.2, 0.25) is 4.34 Å². The fourth-order valence-electron chi connectivity index (χ4n) is 1.91. The quantitative estimate of drug-likeness (QED) is 0.860. The van der Waals surface area contributed by atoms with Gasteiger partial charge in [0.05, 0.1) is 6.20 Å². The summed E-state index contributed by atoms with van der Waals surface area (Å²) in [6.07, 6.45) is 4.46. The summed E-state index contributed by atoms with van der Waals surface area (Å²) in [5.41, 5.74) is 0.570. The maximum Gasteiger partial charge on any atom is 0.113 e. The van der Waals surface area contributed by atoms with Crippen molar-refractivity contribution in [2.24, 2.45) is 11.3 Å². The molecule has 0 amide bonds. The Morgan fingerprint density at radius 2 is 2.33 bits per heavy atom. The summed E-state index contributed by atoms with van der Waals surface area (Å²) in [7, 11) is 0. The number of rotatable bonds is 5. The van der Waals surface area contributed by atoms with Gasteiger partial charge in [0.1, 0.15) is 9.34 Å². The van der Waals surface area contributed by atoms with Gasteiger partial charge >= 0.3 is 0 Å². The van der Waals surface area contributed by atoms with E-state index in [4.69, 9.17) is 11.6 Å². The summed E-state index contributed by atoms with van der Waals surface area (Å²) in [6.45, 7) is 6.59. The molecule has 0 unspecified atom stereocenters. The van der Waals surface area contributed by atoms with Crippen molar-refractivity contribution in [1.29, 1.82) is 0 Å². The number of nitrogens with one attached hydrogen (secondary N) is 1. The molecule has 0 atom stereocenters. The highest BCUT2D eigenvalue weighted by Gasteiger charge is 2.44. The second kappa shape index (κ2) is 4.40. The molecule has 0 aromatic carbocycles. The molecule has 84 valence electrons. The molecule has 0 bridgehead atoms. The Hall–Kier alpha value is -0.120. The third kappa shape index (κ3) is 2.71. The van der Waals surface area contributed by atoms with E-state index in [1.807, 2.05) is 0 Å². The first-order valence-electron chi connectivity index (χ1n) is 5.43. The molecule has 15 heavy (non-hydrogen) atoms. The highest BCUT2D eigenvalue weighted by Crippen LogP contribution is 2.51. The van der Waals surface area contributed by atoms with E-state index in [2.05, 4.69) is 24.1 Å². The molecule has 1 heterocycles. The Labute approximate surface area is 100 Å². The molecular formula is C11H17ClN2S. The fourth-order valence-corrected chi connectivity index (χ4v) is 2.83. The van der Waals surface area contributed by atoms with Crippen LogP contribution in [-0.4, -0.2) is 11.5 Å². The van der Waals surface area contributed by atoms with Crippen LogP contribution in [0.1, 0.15) is 31.7 Å². The summed E-state index contributed by atoms with van der Waals surface area (Å²) >= 11 is 7.38. The Morgan fingerprint density at radius 3 is 2.80 bits per heavy atom. The van der Waals surface area contributed by atoms with Gasteiger partial charge in [-0.15, -0.1) is 11.3 Å². The van der Waals surface area contributed by atoms with Gasteiger partial charge in [-0.05, 0) is 24.2 Å². The first kappa shape index (κ1) is 11.4. The molecule has 0 aliphatic heterocycles. The van der Waals surface area contributed by atoms with Gasteiger partial charge < -0.3 is 5.32 Å². The minimum atomic E-state index is 0.570. The maximum absolute atomic E-state index is 5.82. The van der Waals surface area contributed by atoms with E-state index in [0.29, 0.717) is 5.41 Å². The van der Waals surface area contributed by atoms with Crippen molar-refractivity contribution in [3.05, 3.63) is 15.5 Å². The summed E-state index contributed by atoms with van der Waals surface area (Å²) in [4.78, 5) is 4.22. The van der Waals surface area contributed by atoms with Gasteiger partial charge in [0, 0.05) is 13.1 Å². The first-order chi connectivity index (χ1) is 7.12. The van der Waals surface area contributed by atoms with Gasteiger partial charge in [-0.2, -0.15) is 0 Å². The van der Waals surface area contributed by atoms with Gasteiger partial charge in [-0.25, -0.2) is 4.98 Å². The normalized spacial score (nSPS) is 18.4. The number of thiazole rings is 1. The van der Waals surface area contributed by atoms with E-state index in [1.165, 1.54) is 12.8 Å². The molecule has 1 aliphatic rings. The number of aromatic nitrogens is 1. The molecule has 1 aliphatic carbocycles. The predicted molar refractivity (Wildman–Crippen MR) is 65.3 cm³/mol. The van der Waals surface area contributed by atoms with E-state index < -0.39 is 0 Å². The number of nitrogens with zero attached hydrogens (tertiary/aromatic N) is 1. The lowest BCUT2D eigenvalue weighted by atomic mass is 9.92. The highest BCUT2D eigenvalue weighted by molar-refractivity contribution is 7.15. The van der Waals surface area contributed by atoms with Crippen molar-refractivity contribution in [2.75, 3.05) is 6.54 Å². The van der Waals surface area contributed by atoms with Crippen LogP contribution in [0.5, 0.6) is 0 Å². The lowest BCUT2D eigenvalue weighted by molar-refractivity contribution is 0.337. The lowest BCUT2D eigenvalue weighted by Crippen LogP contribution is -2.27. The third-order valence-electron chi connectivity index (χ3n) is 3.40. The van der Waals surface area contributed by atoms with Crippen LogP contribution >= 0.6 is 22.9 Å². The van der Waals surface area contributed by atoms with E-state index in [-0.39, 0.29) is 0 Å². The number of halogens is 1. The van der Waals surface area contributed by atoms with Gasteiger partial charge in [0.2, 0.25) is 0 Å². The molecule has 1 saturated carbocycles. The number of hydrogen-bond acceptors (Lipinski definition) is 3. The van der Waals surface area contributed by atoms with Gasteiger partial charge in [0.15, 0.2) is 0 Å². The zero-order chi connectivity index (χ0) is 10.9. The average Bonchev–Trinajstić information content (AvgIpc) is 2.86. The molecule has 0 spiro atoms. The van der Waals surface area contributed by atoms with Gasteiger partial charge in [-0.1, -0.05) is 25.4 Å². The van der Waals surface area contributed by atoms with Crippen molar-refractivity contribution in [3.63, 3.8) is 0 Å². The second-order valence-electron chi connectivity index (χ2n) is 4.68. The van der Waals surface area contributed by atoms with E-state index in [9.17, 15) is 0 Å². The lowest BCUT2D eigenvalue weighted by Gasteiger charge is -2.19. The SMILES string of the molecule is CC(C)C1(CNCc2ncc(Cl)s2)CC1. The second-order valence-corrected chi connectivity index (χ2v) is 6.43. The van der Waals surface area contributed by atoms with Crippen LogP contribution in [0.3, 0.4) is 0 Å². The fraction of sp³-hybridized carbons (Fsp3) is 0.727. The van der Waals surface area contributed by atoms with Crippen LogP contribution in [0.15, 0.2) is 6.20 Å². The minimum Gasteiger partial charge on any atom is -0.310 e. The van der Waals surface area contributed by atoms with Crippen LogP contribution in [0.25, 0.3) is 0 Å². The molecule has 1 N–H and O–H groups in total. The largest absolute Gasteiger partial charge is 0.310 e. The standard InChI is InChI=1S/C11H17ClN2S/c1-8(2)11(3-4-11)7-13-6-10-14-5-9(12)15-10/h5,8,13H,3-4,6-7H2,1-2H3. The van der Waals surface area contributed by atoms with E-state index in [1.54, 1.807) is 17.5 Å². The minimum absolute atomic E-state index is 0.570. The zero-order valence-corrected chi connectivity index (χ0v) is 10.8. The van der Waals surface area contributed by atoms with Crippen LogP contribution in [0, 0.1) is 11.3 Å². The smallest absolute Gasteiger partial charge is 0.113 e. The van der Waals surface area contributed by atoms with Crippen molar-refractivity contribution in [3.8, 4) is 0 Å². The molecule has 0 radical (unpaired) electrons. The van der Waals surface area contributed by atoms with E-state index in [0.717, 1.165) is 28.4 Å². The van der Waals surface area contributed by atoms with Crippen molar-refractivity contribution < 1.29 is 0 Å². The summed E-state index contributed by atoms with van der Waals surface area (Å²) < 4.78 is 0.775. The predicted octanol–water partition coefficient (Wildman–Crippen LogP) is 3.32. The molecule has 2 nitrogen and oxygen atoms in total. The summed E-state index contributed by atoms with van der Waals surface area (Å²) in [6, 6.07) is 0. The summed E-state index contributed by atoms with van der Waals surface area (Å²) in [5, 5.41) is 4.57. The Kier molecular flexibility index (Phi) is 3.33. The first-order valence-corrected chi connectivity index (χ1v) is 6.63. The Bertz CT molecular complexity index is 331. The van der Waals surface area contributed by atoms with Crippen LogP contribution in [-0.2, 0) is 6.54 Å². The maximum atomic E-state index is 5.82. The average molecular weight is 245 g/mol. The molecule has 1 aromatic heterocycles. The molecule has 1 fully saturated rings. The Morgan fingerprint density at radius 1 is 1.60 bits per heavy atom. The van der Waals surface area contributed by atoms with Crippen molar-refractivity contribution >= 4 is 22.9 Å². The highest BCUT2D eigenvalue weighted by atomic mass is 35.5. The van der Waals surface area contributed by atoms with Crippen LogP contribution in [0.4, 0.5) is 0 Å². The number of hydrogen-bond donors (Lipinski definition) is 1. The monoisotopic (exact) mass is 244 g/mol. The molecule has 4 heteroatoms. The molecule has 2 rings (SSSR count). The Balaban J connectivity index is 1.76.